The predicted octanol–water partition coefficient (Wildman–Crippen LogP) is 0.356. The third kappa shape index (κ3) is 11.0. The maximum Gasteiger partial charge on any atom is 0.255 e. The highest BCUT2D eigenvalue weighted by atomic mass is 16.8. The van der Waals surface area contributed by atoms with Crippen LogP contribution in [0.3, 0.4) is 0 Å². The summed E-state index contributed by atoms with van der Waals surface area (Å²) in [7, 11) is 0. The Morgan fingerprint density at radius 2 is 1.13 bits per heavy atom. The van der Waals surface area contributed by atoms with Gasteiger partial charge in [0.2, 0.25) is 0 Å². The van der Waals surface area contributed by atoms with Gasteiger partial charge >= 0.3 is 0 Å². The molecule has 2 amide bonds. The fraction of sp³-hybridized carbons (Fsp3) is 0.632. The minimum atomic E-state index is -1.91. The van der Waals surface area contributed by atoms with Crippen LogP contribution in [0.2, 0.25) is 0 Å². The lowest BCUT2D eigenvalue weighted by molar-refractivity contribution is -0.372. The van der Waals surface area contributed by atoms with Crippen LogP contribution in [0, 0.1) is 25.7 Å². The molecule has 2 aliphatic heterocycles. The number of carbonyl (C=O) groups is 2. The van der Waals surface area contributed by atoms with Gasteiger partial charge in [0.15, 0.2) is 12.6 Å². The molecule has 17 nitrogen and oxygen atoms in total. The summed E-state index contributed by atoms with van der Waals surface area (Å²) in [5.74, 6) is -0.642. The van der Waals surface area contributed by atoms with Gasteiger partial charge in [-0.2, -0.15) is 0 Å². The Morgan fingerprint density at radius 1 is 0.691 bits per heavy atom. The van der Waals surface area contributed by atoms with Crippen LogP contribution >= 0.6 is 0 Å². The number of nitrogens with one attached hydrogen (secondary N) is 2. The second-order valence-electron chi connectivity index (χ2n) is 14.7. The van der Waals surface area contributed by atoms with Gasteiger partial charge in [0, 0.05) is 25.2 Å². The number of aliphatic hydroxyl groups is 6. The van der Waals surface area contributed by atoms with Gasteiger partial charge in [0.05, 0.1) is 24.3 Å². The summed E-state index contributed by atoms with van der Waals surface area (Å²) in [6.07, 6.45) is -15.7. The monoisotopic (exact) mass is 780 g/mol. The molecule has 308 valence electrons. The van der Waals surface area contributed by atoms with Crippen LogP contribution in [0.15, 0.2) is 24.3 Å². The summed E-state index contributed by atoms with van der Waals surface area (Å²) in [4.78, 5) is 26.2. The summed E-state index contributed by atoms with van der Waals surface area (Å²) in [6, 6.07) is 5.80. The number of phenolic OH excluding ortho intramolecular Hbond substituents is 2. The first kappa shape index (κ1) is 43.9. The first-order chi connectivity index (χ1) is 25.9. The molecular formula is C38H56N2O15. The largest absolute Gasteiger partial charge is 0.507 e. The molecule has 17 heteroatoms. The van der Waals surface area contributed by atoms with Gasteiger partial charge in [-0.15, -0.1) is 0 Å². The van der Waals surface area contributed by atoms with E-state index in [1.165, 1.54) is 12.1 Å². The molecule has 0 saturated carbocycles. The molecule has 2 saturated heterocycles. The number of benzene rings is 2. The van der Waals surface area contributed by atoms with Crippen LogP contribution in [-0.4, -0.2) is 140 Å². The van der Waals surface area contributed by atoms with E-state index in [1.54, 1.807) is 26.0 Å². The van der Waals surface area contributed by atoms with Crippen LogP contribution in [0.1, 0.15) is 72.4 Å². The van der Waals surface area contributed by atoms with Crippen molar-refractivity contribution in [1.82, 2.24) is 10.6 Å². The fourth-order valence-electron chi connectivity index (χ4n) is 6.65. The van der Waals surface area contributed by atoms with Gasteiger partial charge < -0.3 is 75.2 Å². The Bertz CT molecular complexity index is 1560. The number of carbonyl (C=O) groups excluding carboxylic acids is 2. The highest BCUT2D eigenvalue weighted by molar-refractivity contribution is 5.99. The fourth-order valence-corrected chi connectivity index (χ4v) is 6.65. The zero-order valence-electron chi connectivity index (χ0n) is 31.9. The highest BCUT2D eigenvalue weighted by Crippen LogP contribution is 2.31. The summed E-state index contributed by atoms with van der Waals surface area (Å²) in [6.45, 7) is 11.4. The Labute approximate surface area is 319 Å². The lowest BCUT2D eigenvalue weighted by Gasteiger charge is -2.45. The van der Waals surface area contributed by atoms with Gasteiger partial charge in [-0.3, -0.25) is 9.59 Å². The van der Waals surface area contributed by atoms with Crippen molar-refractivity contribution in [2.45, 2.75) is 116 Å². The van der Waals surface area contributed by atoms with E-state index in [4.69, 9.17) is 23.7 Å². The Morgan fingerprint density at radius 3 is 1.53 bits per heavy atom. The first-order valence-corrected chi connectivity index (χ1v) is 18.5. The summed E-state index contributed by atoms with van der Waals surface area (Å²) < 4.78 is 28.3. The number of phenols is 2. The molecule has 55 heavy (non-hydrogen) atoms. The second kappa shape index (κ2) is 19.4. The first-order valence-electron chi connectivity index (χ1n) is 18.5. The standard InChI is InChI=1S/C38H56N2O15/c1-7-8-51-21-10-19(5)27(23(41)12-21)35(49)39-14-25-29(43)31(45)33(47)37(53-25)55-38-34(48)32(46)30(44)26(54-38)15-40-36(50)28-20(6)11-22(13-24(28)42)52-16-18(4)9-17(2)3/h10-13,17-18,25-26,29-34,37-38,41-48H,7-9,14-16H2,1-6H3,(H,39,49)(H,40,50)/t18?,25-,26-,29-,30-,31+,32+,33-,34-,37-,38-/m1/s1. The lowest BCUT2D eigenvalue weighted by atomic mass is 9.97. The molecule has 2 aromatic rings. The SMILES string of the molecule is CCCOc1cc(C)c(C(=O)NC[C@H]2O[C@H](O[C@H]3O[C@H](CNC(=O)c4c(C)cc(OCC(C)CC(C)C)cc4O)[C@@H](O)[C@H](O)[C@H]3O)[C@H](O)[C@@H](O)[C@@H]2O)c(O)c1. The molecular weight excluding hydrogens is 724 g/mol. The van der Waals surface area contributed by atoms with Gasteiger partial charge in [-0.25, -0.2) is 0 Å². The smallest absolute Gasteiger partial charge is 0.255 e. The Hall–Kier alpha value is -3.78. The number of hydrogen-bond acceptors (Lipinski definition) is 15. The second-order valence-corrected chi connectivity index (χ2v) is 14.7. The summed E-state index contributed by atoms with van der Waals surface area (Å²) in [5, 5.41) is 90.1. The normalized spacial score (nSPS) is 28.7. The van der Waals surface area contributed by atoms with Crippen molar-refractivity contribution in [3.05, 3.63) is 46.5 Å². The molecule has 0 aromatic heterocycles. The zero-order chi connectivity index (χ0) is 40.7. The predicted molar refractivity (Wildman–Crippen MR) is 195 cm³/mol. The highest BCUT2D eigenvalue weighted by Gasteiger charge is 2.50. The van der Waals surface area contributed by atoms with Gasteiger partial charge in [0.25, 0.3) is 11.8 Å². The number of aryl methyl sites for hydroxylation is 2. The molecule has 2 aliphatic rings. The minimum absolute atomic E-state index is 0.0611. The summed E-state index contributed by atoms with van der Waals surface area (Å²) in [5.41, 5.74) is 0.680. The molecule has 0 aliphatic carbocycles. The van der Waals surface area contributed by atoms with Crippen LogP contribution in [0.5, 0.6) is 23.0 Å². The topological polar surface area (TPSA) is 266 Å². The number of rotatable bonds is 16. The van der Waals surface area contributed by atoms with Crippen molar-refractivity contribution in [2.75, 3.05) is 26.3 Å². The van der Waals surface area contributed by atoms with Crippen molar-refractivity contribution in [3.8, 4) is 23.0 Å². The molecule has 4 rings (SSSR count). The average molecular weight is 781 g/mol. The van der Waals surface area contributed by atoms with E-state index >= 15 is 0 Å². The van der Waals surface area contributed by atoms with Crippen molar-refractivity contribution in [2.24, 2.45) is 11.8 Å². The van der Waals surface area contributed by atoms with Crippen LogP contribution in [0.25, 0.3) is 0 Å². The third-order valence-corrected chi connectivity index (χ3v) is 9.44. The molecule has 2 aromatic carbocycles. The number of amides is 2. The van der Waals surface area contributed by atoms with Crippen LogP contribution in [-0.2, 0) is 14.2 Å². The number of ether oxygens (including phenoxy) is 5. The zero-order valence-corrected chi connectivity index (χ0v) is 31.9. The van der Waals surface area contributed by atoms with E-state index in [0.717, 1.165) is 12.8 Å². The van der Waals surface area contributed by atoms with Gasteiger partial charge in [0.1, 0.15) is 71.8 Å². The van der Waals surface area contributed by atoms with Gasteiger partial charge in [-0.05, 0) is 61.8 Å². The number of hydrogen-bond donors (Lipinski definition) is 10. The minimum Gasteiger partial charge on any atom is -0.507 e. The molecule has 11 atom stereocenters. The van der Waals surface area contributed by atoms with E-state index in [-0.39, 0.29) is 28.5 Å². The summed E-state index contributed by atoms with van der Waals surface area (Å²) >= 11 is 0. The van der Waals surface area contributed by atoms with Crippen LogP contribution < -0.4 is 20.1 Å². The van der Waals surface area contributed by atoms with Crippen molar-refractivity contribution in [3.63, 3.8) is 0 Å². The molecule has 0 bridgehead atoms. The molecule has 0 spiro atoms. The quantitative estimate of drug-likeness (QED) is 0.110. The van der Waals surface area contributed by atoms with Gasteiger partial charge in [-0.1, -0.05) is 27.7 Å². The maximum atomic E-state index is 13.2. The van der Waals surface area contributed by atoms with E-state index in [1.807, 2.05) is 6.92 Å². The van der Waals surface area contributed by atoms with Crippen molar-refractivity contribution >= 4 is 11.8 Å². The molecule has 2 heterocycles. The Kier molecular flexibility index (Phi) is 15.5. The molecule has 0 radical (unpaired) electrons. The molecule has 2 fully saturated rings. The van der Waals surface area contributed by atoms with Crippen molar-refractivity contribution in [1.29, 1.82) is 0 Å². The van der Waals surface area contributed by atoms with E-state index < -0.39 is 86.3 Å². The number of aromatic hydroxyl groups is 2. The third-order valence-electron chi connectivity index (χ3n) is 9.44. The van der Waals surface area contributed by atoms with E-state index in [0.29, 0.717) is 41.8 Å². The van der Waals surface area contributed by atoms with Crippen molar-refractivity contribution < 1.29 is 74.1 Å². The number of aliphatic hydroxyl groups excluding tert-OH is 6. The molecule has 10 N–H and O–H groups in total. The van der Waals surface area contributed by atoms with Crippen LogP contribution in [0.4, 0.5) is 0 Å². The lowest BCUT2D eigenvalue weighted by Crippen LogP contribution is -2.64. The Balaban J connectivity index is 1.38. The van der Waals surface area contributed by atoms with E-state index in [2.05, 4.69) is 31.4 Å². The average Bonchev–Trinajstić information content (AvgIpc) is 3.11. The molecule has 1 unspecified atom stereocenters. The van der Waals surface area contributed by atoms with E-state index in [9.17, 15) is 50.4 Å². The maximum absolute atomic E-state index is 13.2.